The molecule has 2 unspecified atom stereocenters. The van der Waals surface area contributed by atoms with Gasteiger partial charge in [0.25, 0.3) is 0 Å². The predicted octanol–water partition coefficient (Wildman–Crippen LogP) is 2.61. The SMILES string of the molecule is CCCCC(N)O[Si](C)(CCC)OC. The second kappa shape index (κ2) is 7.40. The molecule has 0 bridgehead atoms. The third-order valence-electron chi connectivity index (χ3n) is 2.38. The van der Waals surface area contributed by atoms with Crippen LogP contribution in [0.15, 0.2) is 0 Å². The van der Waals surface area contributed by atoms with Crippen molar-refractivity contribution >= 4 is 8.56 Å². The first kappa shape index (κ1) is 14.1. The summed E-state index contributed by atoms with van der Waals surface area (Å²) in [4.78, 5) is 0. The lowest BCUT2D eigenvalue weighted by atomic mass is 10.2. The molecule has 0 spiro atoms. The largest absolute Gasteiger partial charge is 0.398 e. The number of rotatable bonds is 8. The minimum Gasteiger partial charge on any atom is -0.398 e. The van der Waals surface area contributed by atoms with Gasteiger partial charge in [-0.1, -0.05) is 26.7 Å². The van der Waals surface area contributed by atoms with Crippen LogP contribution in [0.25, 0.3) is 0 Å². The molecule has 0 aromatic carbocycles. The van der Waals surface area contributed by atoms with E-state index in [0.717, 1.165) is 31.7 Å². The Morgan fingerprint density at radius 2 is 1.93 bits per heavy atom. The van der Waals surface area contributed by atoms with E-state index in [1.165, 1.54) is 0 Å². The highest BCUT2D eigenvalue weighted by Gasteiger charge is 2.31. The lowest BCUT2D eigenvalue weighted by Gasteiger charge is -2.28. The molecule has 86 valence electrons. The molecular formula is C10H25NO2Si. The van der Waals surface area contributed by atoms with Crippen molar-refractivity contribution in [2.75, 3.05) is 7.11 Å². The van der Waals surface area contributed by atoms with E-state index in [0.29, 0.717) is 0 Å². The Hall–Kier alpha value is 0.0969. The summed E-state index contributed by atoms with van der Waals surface area (Å²) >= 11 is 0. The molecule has 0 fully saturated rings. The monoisotopic (exact) mass is 219 g/mol. The highest BCUT2D eigenvalue weighted by atomic mass is 28.4. The molecule has 0 aliphatic heterocycles. The first-order valence-corrected chi connectivity index (χ1v) is 8.09. The Bertz CT molecular complexity index is 146. The van der Waals surface area contributed by atoms with E-state index in [4.69, 9.17) is 14.6 Å². The number of unbranched alkanes of at least 4 members (excludes halogenated alkanes) is 1. The number of nitrogens with two attached hydrogens (primary N) is 1. The van der Waals surface area contributed by atoms with Crippen LogP contribution >= 0.6 is 0 Å². The minimum absolute atomic E-state index is 0.141. The van der Waals surface area contributed by atoms with Gasteiger partial charge in [0, 0.05) is 7.11 Å². The van der Waals surface area contributed by atoms with Crippen LogP contribution in [0.5, 0.6) is 0 Å². The van der Waals surface area contributed by atoms with Crippen molar-refractivity contribution in [1.29, 1.82) is 0 Å². The Morgan fingerprint density at radius 1 is 1.29 bits per heavy atom. The van der Waals surface area contributed by atoms with Gasteiger partial charge in [-0.15, -0.1) is 0 Å². The van der Waals surface area contributed by atoms with Crippen LogP contribution in [0.2, 0.25) is 12.6 Å². The molecule has 2 N–H and O–H groups in total. The number of hydrogen-bond donors (Lipinski definition) is 1. The molecule has 0 aliphatic rings. The summed E-state index contributed by atoms with van der Waals surface area (Å²) in [6.45, 7) is 6.39. The Labute approximate surface area is 89.2 Å². The maximum Gasteiger partial charge on any atom is 0.335 e. The zero-order valence-electron chi connectivity index (χ0n) is 10.0. The summed E-state index contributed by atoms with van der Waals surface area (Å²) in [7, 11) is -0.231. The van der Waals surface area contributed by atoms with Gasteiger partial charge < -0.3 is 14.6 Å². The van der Waals surface area contributed by atoms with Crippen LogP contribution in [0, 0.1) is 0 Å². The van der Waals surface area contributed by atoms with Gasteiger partial charge in [0.15, 0.2) is 0 Å². The molecule has 0 saturated carbocycles. The maximum absolute atomic E-state index is 5.88. The summed E-state index contributed by atoms with van der Waals surface area (Å²) in [6, 6.07) is 1.02. The molecule has 0 aromatic heterocycles. The molecule has 0 aliphatic carbocycles. The van der Waals surface area contributed by atoms with Gasteiger partial charge in [0.1, 0.15) is 0 Å². The van der Waals surface area contributed by atoms with E-state index in [2.05, 4.69) is 20.4 Å². The maximum atomic E-state index is 5.88. The Kier molecular flexibility index (Phi) is 7.45. The van der Waals surface area contributed by atoms with Gasteiger partial charge >= 0.3 is 8.56 Å². The third kappa shape index (κ3) is 5.75. The summed E-state index contributed by atoms with van der Waals surface area (Å²) in [6.07, 6.45) is 4.18. The summed E-state index contributed by atoms with van der Waals surface area (Å²) in [5, 5.41) is 0. The van der Waals surface area contributed by atoms with E-state index in [1.54, 1.807) is 7.11 Å². The van der Waals surface area contributed by atoms with Gasteiger partial charge in [0.05, 0.1) is 6.23 Å². The zero-order chi connectivity index (χ0) is 11.0. The molecule has 0 rings (SSSR count). The first-order chi connectivity index (χ1) is 6.58. The zero-order valence-corrected chi connectivity index (χ0v) is 11.0. The summed E-state index contributed by atoms with van der Waals surface area (Å²) < 4.78 is 11.3. The van der Waals surface area contributed by atoms with Crippen LogP contribution in [0.3, 0.4) is 0 Å². The van der Waals surface area contributed by atoms with E-state index in [-0.39, 0.29) is 6.23 Å². The van der Waals surface area contributed by atoms with Crippen molar-refractivity contribution in [1.82, 2.24) is 0 Å². The van der Waals surface area contributed by atoms with Crippen molar-refractivity contribution in [3.8, 4) is 0 Å². The molecule has 14 heavy (non-hydrogen) atoms. The van der Waals surface area contributed by atoms with E-state index < -0.39 is 8.56 Å². The van der Waals surface area contributed by atoms with E-state index in [1.807, 2.05) is 0 Å². The standard InChI is InChI=1S/C10H25NO2Si/c1-5-7-8-10(11)13-14(4,12-3)9-6-2/h10H,5-9,11H2,1-4H3. The van der Waals surface area contributed by atoms with Crippen molar-refractivity contribution in [2.24, 2.45) is 5.73 Å². The second-order valence-corrected chi connectivity index (χ2v) is 7.30. The third-order valence-corrected chi connectivity index (χ3v) is 5.45. The van der Waals surface area contributed by atoms with Crippen LogP contribution < -0.4 is 5.73 Å². The fourth-order valence-electron chi connectivity index (χ4n) is 1.45. The van der Waals surface area contributed by atoms with Crippen molar-refractivity contribution < 1.29 is 8.85 Å². The van der Waals surface area contributed by atoms with Crippen LogP contribution in [0.1, 0.15) is 39.5 Å². The fourth-order valence-corrected chi connectivity index (χ4v) is 3.53. The molecule has 0 aromatic rings. The normalized spacial score (nSPS) is 17.8. The molecule has 3 nitrogen and oxygen atoms in total. The average molecular weight is 219 g/mol. The highest BCUT2D eigenvalue weighted by Crippen LogP contribution is 2.17. The topological polar surface area (TPSA) is 44.5 Å². The van der Waals surface area contributed by atoms with Crippen molar-refractivity contribution in [3.63, 3.8) is 0 Å². The van der Waals surface area contributed by atoms with Gasteiger partial charge in [-0.05, 0) is 25.4 Å². The van der Waals surface area contributed by atoms with Crippen LogP contribution in [0.4, 0.5) is 0 Å². The lowest BCUT2D eigenvalue weighted by Crippen LogP contribution is -2.44. The minimum atomic E-state index is -1.96. The lowest BCUT2D eigenvalue weighted by molar-refractivity contribution is 0.128. The van der Waals surface area contributed by atoms with Crippen LogP contribution in [-0.4, -0.2) is 21.9 Å². The van der Waals surface area contributed by atoms with E-state index >= 15 is 0 Å². The molecule has 2 atom stereocenters. The molecule has 0 saturated heterocycles. The molecule has 0 amide bonds. The Morgan fingerprint density at radius 3 is 2.36 bits per heavy atom. The summed E-state index contributed by atoms with van der Waals surface area (Å²) in [5.41, 5.74) is 5.88. The molecule has 0 heterocycles. The number of hydrogen-bond acceptors (Lipinski definition) is 3. The second-order valence-electron chi connectivity index (χ2n) is 3.89. The van der Waals surface area contributed by atoms with Gasteiger partial charge in [-0.2, -0.15) is 0 Å². The van der Waals surface area contributed by atoms with Gasteiger partial charge in [-0.3, -0.25) is 0 Å². The van der Waals surface area contributed by atoms with Crippen molar-refractivity contribution in [3.05, 3.63) is 0 Å². The van der Waals surface area contributed by atoms with E-state index in [9.17, 15) is 0 Å². The smallest absolute Gasteiger partial charge is 0.335 e. The molecular weight excluding hydrogens is 194 g/mol. The molecule has 4 heteroatoms. The Balaban J connectivity index is 3.89. The van der Waals surface area contributed by atoms with Gasteiger partial charge in [-0.25, -0.2) is 0 Å². The quantitative estimate of drug-likeness (QED) is 0.504. The molecule has 0 radical (unpaired) electrons. The predicted molar refractivity (Wildman–Crippen MR) is 62.3 cm³/mol. The average Bonchev–Trinajstić information content (AvgIpc) is 2.15. The van der Waals surface area contributed by atoms with Crippen LogP contribution in [-0.2, 0) is 8.85 Å². The van der Waals surface area contributed by atoms with Gasteiger partial charge in [0.2, 0.25) is 0 Å². The highest BCUT2D eigenvalue weighted by molar-refractivity contribution is 6.66. The summed E-state index contributed by atoms with van der Waals surface area (Å²) in [5.74, 6) is 0. The first-order valence-electron chi connectivity index (χ1n) is 5.56. The fraction of sp³-hybridized carbons (Fsp3) is 1.00. The van der Waals surface area contributed by atoms with Crippen molar-refractivity contribution in [2.45, 2.75) is 58.3 Å².